The molecule has 1 aromatic heterocycles. The molecule has 3 rings (SSSR count). The zero-order valence-electron chi connectivity index (χ0n) is 17.4. The number of anilines is 1. The molecule has 2 aliphatic rings. The Kier molecular flexibility index (Phi) is 6.60. The monoisotopic (exact) mass is 418 g/mol. The van der Waals surface area contributed by atoms with E-state index in [1.54, 1.807) is 20.0 Å². The SMILES string of the molecule is CN[C@@H](C)C(=O)Nc1ccc2n(c1=O)[C@H](C(=O)O)CC2C(C(N)=O)C1CCCCC1. The number of likely N-dealkylation sites (N-methyl/N-ethyl adjacent to an activating group) is 1. The molecule has 1 aliphatic carbocycles. The van der Waals surface area contributed by atoms with E-state index in [9.17, 15) is 24.3 Å². The predicted octanol–water partition coefficient (Wildman–Crippen LogP) is 1.19. The zero-order chi connectivity index (χ0) is 22.0. The van der Waals surface area contributed by atoms with Crippen molar-refractivity contribution in [3.05, 3.63) is 28.2 Å². The topological polar surface area (TPSA) is 144 Å². The maximum absolute atomic E-state index is 13.1. The van der Waals surface area contributed by atoms with Gasteiger partial charge in [0.1, 0.15) is 11.7 Å². The molecule has 1 saturated carbocycles. The second-order valence-electron chi connectivity index (χ2n) is 8.37. The smallest absolute Gasteiger partial charge is 0.326 e. The van der Waals surface area contributed by atoms with Crippen LogP contribution in [0.4, 0.5) is 5.69 Å². The average molecular weight is 418 g/mol. The lowest BCUT2D eigenvalue weighted by Gasteiger charge is -2.32. The Morgan fingerprint density at radius 2 is 1.87 bits per heavy atom. The molecule has 2 heterocycles. The van der Waals surface area contributed by atoms with Gasteiger partial charge in [-0.2, -0.15) is 0 Å². The number of pyridine rings is 1. The van der Waals surface area contributed by atoms with Crippen LogP contribution < -0.4 is 21.9 Å². The molecule has 5 N–H and O–H groups in total. The average Bonchev–Trinajstić information content (AvgIpc) is 3.10. The first-order valence-corrected chi connectivity index (χ1v) is 10.5. The van der Waals surface area contributed by atoms with Crippen LogP contribution >= 0.6 is 0 Å². The minimum Gasteiger partial charge on any atom is -0.480 e. The van der Waals surface area contributed by atoms with Crippen LogP contribution in [0.15, 0.2) is 16.9 Å². The molecule has 0 radical (unpaired) electrons. The summed E-state index contributed by atoms with van der Waals surface area (Å²) in [5, 5.41) is 15.1. The number of carbonyl (C=O) groups excluding carboxylic acids is 2. The first kappa shape index (κ1) is 22.0. The number of rotatable bonds is 7. The van der Waals surface area contributed by atoms with Crippen LogP contribution in [0, 0.1) is 11.8 Å². The van der Waals surface area contributed by atoms with Gasteiger partial charge in [0.25, 0.3) is 5.56 Å². The Balaban J connectivity index is 2.01. The van der Waals surface area contributed by atoms with Gasteiger partial charge < -0.3 is 21.5 Å². The van der Waals surface area contributed by atoms with Crippen LogP contribution in [0.1, 0.15) is 63.1 Å². The number of carboxylic acids is 1. The number of aliphatic carboxylic acids is 1. The van der Waals surface area contributed by atoms with Crippen molar-refractivity contribution in [2.24, 2.45) is 17.6 Å². The number of carboxylic acid groups (broad SMARTS) is 1. The van der Waals surface area contributed by atoms with Crippen LogP contribution in [-0.2, 0) is 14.4 Å². The lowest BCUT2D eigenvalue weighted by Crippen LogP contribution is -2.38. The molecule has 0 aromatic carbocycles. The summed E-state index contributed by atoms with van der Waals surface area (Å²) >= 11 is 0. The summed E-state index contributed by atoms with van der Waals surface area (Å²) < 4.78 is 1.21. The van der Waals surface area contributed by atoms with Crippen molar-refractivity contribution in [1.82, 2.24) is 9.88 Å². The number of fused-ring (bicyclic) bond motifs is 1. The van der Waals surface area contributed by atoms with Crippen molar-refractivity contribution in [1.29, 1.82) is 0 Å². The van der Waals surface area contributed by atoms with Gasteiger partial charge in [0.05, 0.1) is 6.04 Å². The fourth-order valence-corrected chi connectivity index (χ4v) is 4.92. The number of hydrogen-bond acceptors (Lipinski definition) is 5. The van der Waals surface area contributed by atoms with Crippen LogP contribution in [0.5, 0.6) is 0 Å². The summed E-state index contributed by atoms with van der Waals surface area (Å²) in [4.78, 5) is 49.6. The van der Waals surface area contributed by atoms with E-state index in [-0.39, 0.29) is 18.0 Å². The Bertz CT molecular complexity index is 890. The highest BCUT2D eigenvalue weighted by Crippen LogP contribution is 2.46. The molecule has 0 saturated heterocycles. The molecule has 1 aliphatic heterocycles. The highest BCUT2D eigenvalue weighted by Gasteiger charge is 2.45. The van der Waals surface area contributed by atoms with E-state index in [1.165, 1.54) is 10.6 Å². The number of amides is 2. The number of nitrogens with one attached hydrogen (secondary N) is 2. The maximum atomic E-state index is 13.1. The number of nitrogens with zero attached hydrogens (tertiary/aromatic N) is 1. The van der Waals surface area contributed by atoms with Crippen molar-refractivity contribution >= 4 is 23.5 Å². The number of primary amides is 1. The minimum atomic E-state index is -1.14. The van der Waals surface area contributed by atoms with E-state index in [4.69, 9.17) is 5.73 Å². The van der Waals surface area contributed by atoms with Crippen molar-refractivity contribution in [2.75, 3.05) is 12.4 Å². The van der Waals surface area contributed by atoms with Gasteiger partial charge in [0.15, 0.2) is 0 Å². The third-order valence-electron chi connectivity index (χ3n) is 6.61. The summed E-state index contributed by atoms with van der Waals surface area (Å²) in [6.07, 6.45) is 5.05. The van der Waals surface area contributed by atoms with Crippen LogP contribution in [0.3, 0.4) is 0 Å². The molecule has 9 nitrogen and oxygen atoms in total. The van der Waals surface area contributed by atoms with Gasteiger partial charge in [-0.3, -0.25) is 19.0 Å². The van der Waals surface area contributed by atoms with Crippen molar-refractivity contribution < 1.29 is 19.5 Å². The fourth-order valence-electron chi connectivity index (χ4n) is 4.92. The molecule has 2 amide bonds. The Morgan fingerprint density at radius 3 is 2.43 bits per heavy atom. The number of nitrogens with two attached hydrogens (primary N) is 1. The molecule has 2 unspecified atom stereocenters. The molecule has 1 fully saturated rings. The second-order valence-corrected chi connectivity index (χ2v) is 8.37. The van der Waals surface area contributed by atoms with E-state index >= 15 is 0 Å². The molecule has 9 heteroatoms. The normalized spacial score (nSPS) is 23.4. The molecule has 1 aromatic rings. The van der Waals surface area contributed by atoms with Gasteiger partial charge in [0.2, 0.25) is 11.8 Å². The summed E-state index contributed by atoms with van der Waals surface area (Å²) in [6, 6.07) is 1.52. The Labute approximate surface area is 175 Å². The molecule has 0 spiro atoms. The highest BCUT2D eigenvalue weighted by atomic mass is 16.4. The van der Waals surface area contributed by atoms with Gasteiger partial charge in [-0.05, 0) is 51.3 Å². The summed E-state index contributed by atoms with van der Waals surface area (Å²) in [6.45, 7) is 1.65. The van der Waals surface area contributed by atoms with E-state index in [1.807, 2.05) is 0 Å². The number of hydrogen-bond donors (Lipinski definition) is 4. The van der Waals surface area contributed by atoms with Crippen molar-refractivity contribution in [2.45, 2.75) is 63.5 Å². The number of aromatic nitrogens is 1. The van der Waals surface area contributed by atoms with Crippen molar-refractivity contribution in [3.63, 3.8) is 0 Å². The van der Waals surface area contributed by atoms with Crippen molar-refractivity contribution in [3.8, 4) is 0 Å². The number of carbonyl (C=O) groups is 3. The summed E-state index contributed by atoms with van der Waals surface area (Å²) in [7, 11) is 1.63. The zero-order valence-corrected chi connectivity index (χ0v) is 17.4. The molecular formula is C21H30N4O5. The molecule has 4 atom stereocenters. The van der Waals surface area contributed by atoms with Gasteiger partial charge >= 0.3 is 5.97 Å². The molecule has 30 heavy (non-hydrogen) atoms. The van der Waals surface area contributed by atoms with Gasteiger partial charge in [-0.25, -0.2) is 4.79 Å². The highest BCUT2D eigenvalue weighted by molar-refractivity contribution is 5.94. The van der Waals surface area contributed by atoms with Crippen LogP contribution in [0.2, 0.25) is 0 Å². The Hall–Kier alpha value is -2.68. The van der Waals surface area contributed by atoms with Crippen LogP contribution in [0.25, 0.3) is 0 Å². The van der Waals surface area contributed by atoms with Gasteiger partial charge in [0, 0.05) is 17.5 Å². The van der Waals surface area contributed by atoms with E-state index in [2.05, 4.69) is 10.6 Å². The minimum absolute atomic E-state index is 0.0195. The Morgan fingerprint density at radius 1 is 1.20 bits per heavy atom. The summed E-state index contributed by atoms with van der Waals surface area (Å²) in [5.74, 6) is -2.83. The van der Waals surface area contributed by atoms with Crippen LogP contribution in [-0.4, -0.2) is 40.5 Å². The molecule has 164 valence electrons. The quantitative estimate of drug-likeness (QED) is 0.524. The first-order chi connectivity index (χ1) is 14.3. The standard InChI is InChI=1S/C21H30N4O5/c1-11(23-2)19(27)24-14-8-9-15-13(10-16(21(29)30)25(15)20(14)28)17(18(22)26)12-6-4-3-5-7-12/h8-9,11-13,16-17,23H,3-7,10H2,1-2H3,(H2,22,26)(H,24,27)(H,29,30)/t11-,13?,16-,17?/m0/s1. The first-order valence-electron chi connectivity index (χ1n) is 10.5. The fraction of sp³-hybridized carbons (Fsp3) is 0.619. The maximum Gasteiger partial charge on any atom is 0.326 e. The van der Waals surface area contributed by atoms with E-state index in [0.717, 1.165) is 32.1 Å². The molecule has 0 bridgehead atoms. The lowest BCUT2D eigenvalue weighted by molar-refractivity contribution is -0.141. The largest absolute Gasteiger partial charge is 0.480 e. The summed E-state index contributed by atoms with van der Waals surface area (Å²) in [5.41, 5.74) is 5.71. The third-order valence-corrected chi connectivity index (χ3v) is 6.61. The third kappa shape index (κ3) is 4.12. The lowest BCUT2D eigenvalue weighted by atomic mass is 9.72. The van der Waals surface area contributed by atoms with Gasteiger partial charge in [-0.15, -0.1) is 0 Å². The predicted molar refractivity (Wildman–Crippen MR) is 111 cm³/mol. The van der Waals surface area contributed by atoms with E-state index in [0.29, 0.717) is 5.69 Å². The van der Waals surface area contributed by atoms with E-state index < -0.39 is 47.3 Å². The van der Waals surface area contributed by atoms with Gasteiger partial charge in [-0.1, -0.05) is 19.3 Å². The molecular weight excluding hydrogens is 388 g/mol. The second kappa shape index (κ2) is 8.99.